The number of hydrogen-bond acceptors (Lipinski definition) is 4. The van der Waals surface area contributed by atoms with Crippen LogP contribution in [0.25, 0.3) is 0 Å². The Hall–Kier alpha value is -2.67. The summed E-state index contributed by atoms with van der Waals surface area (Å²) in [6.07, 6.45) is 0. The van der Waals surface area contributed by atoms with Crippen LogP contribution in [-0.4, -0.2) is 38.8 Å². The van der Waals surface area contributed by atoms with Crippen LogP contribution in [0.2, 0.25) is 0 Å². The predicted octanol–water partition coefficient (Wildman–Crippen LogP) is 2.85. The summed E-state index contributed by atoms with van der Waals surface area (Å²) in [5, 5.41) is 5.63. The summed E-state index contributed by atoms with van der Waals surface area (Å²) in [4.78, 5) is 14.3. The standard InChI is InChI=1S/C18H19F2N3O2/c19-14-6-5-13(11-15(14)20)21-12-18(24)22-16-3-1-2-4-17(16)23-7-9-25-10-8-23/h1-6,11,21H,7-10,12H2,(H,22,24). The van der Waals surface area contributed by atoms with Gasteiger partial charge in [0.25, 0.3) is 0 Å². The smallest absolute Gasteiger partial charge is 0.243 e. The third kappa shape index (κ3) is 4.45. The molecule has 5 nitrogen and oxygen atoms in total. The number of morpholine rings is 1. The molecule has 2 aromatic rings. The third-order valence-electron chi connectivity index (χ3n) is 3.90. The van der Waals surface area contributed by atoms with Gasteiger partial charge in [-0.3, -0.25) is 4.79 Å². The van der Waals surface area contributed by atoms with Crippen molar-refractivity contribution in [2.24, 2.45) is 0 Å². The molecule has 25 heavy (non-hydrogen) atoms. The van der Waals surface area contributed by atoms with E-state index in [-0.39, 0.29) is 12.5 Å². The maximum absolute atomic E-state index is 13.2. The van der Waals surface area contributed by atoms with Crippen LogP contribution in [0.1, 0.15) is 0 Å². The molecule has 0 bridgehead atoms. The molecule has 132 valence electrons. The minimum atomic E-state index is -0.955. The topological polar surface area (TPSA) is 53.6 Å². The molecule has 2 aromatic carbocycles. The number of anilines is 3. The van der Waals surface area contributed by atoms with E-state index >= 15 is 0 Å². The molecule has 1 saturated heterocycles. The Morgan fingerprint density at radius 1 is 1.08 bits per heavy atom. The summed E-state index contributed by atoms with van der Waals surface area (Å²) in [7, 11) is 0. The second kappa shape index (κ2) is 7.94. The predicted molar refractivity (Wildman–Crippen MR) is 93.0 cm³/mol. The summed E-state index contributed by atoms with van der Waals surface area (Å²) in [6.45, 7) is 2.78. The van der Waals surface area contributed by atoms with Crippen molar-refractivity contribution in [3.63, 3.8) is 0 Å². The van der Waals surface area contributed by atoms with Crippen LogP contribution in [0.5, 0.6) is 0 Å². The van der Waals surface area contributed by atoms with Crippen LogP contribution in [0.3, 0.4) is 0 Å². The number of para-hydroxylation sites is 2. The number of hydrogen-bond donors (Lipinski definition) is 2. The van der Waals surface area contributed by atoms with E-state index < -0.39 is 11.6 Å². The van der Waals surface area contributed by atoms with E-state index in [1.165, 1.54) is 6.07 Å². The summed E-state index contributed by atoms with van der Waals surface area (Å²) in [5.74, 6) is -2.15. The average molecular weight is 347 g/mol. The molecule has 0 unspecified atom stereocenters. The van der Waals surface area contributed by atoms with Crippen molar-refractivity contribution in [3.8, 4) is 0 Å². The zero-order valence-corrected chi connectivity index (χ0v) is 13.6. The van der Waals surface area contributed by atoms with Gasteiger partial charge < -0.3 is 20.3 Å². The molecule has 0 saturated carbocycles. The highest BCUT2D eigenvalue weighted by Crippen LogP contribution is 2.26. The lowest BCUT2D eigenvalue weighted by Crippen LogP contribution is -2.37. The van der Waals surface area contributed by atoms with Crippen molar-refractivity contribution in [1.82, 2.24) is 0 Å². The van der Waals surface area contributed by atoms with Crippen LogP contribution >= 0.6 is 0 Å². The van der Waals surface area contributed by atoms with Crippen LogP contribution in [0.4, 0.5) is 25.8 Å². The van der Waals surface area contributed by atoms with Crippen molar-refractivity contribution >= 4 is 23.0 Å². The Morgan fingerprint density at radius 3 is 2.60 bits per heavy atom. The van der Waals surface area contributed by atoms with Crippen molar-refractivity contribution < 1.29 is 18.3 Å². The molecule has 0 atom stereocenters. The first-order valence-electron chi connectivity index (χ1n) is 8.04. The van der Waals surface area contributed by atoms with Crippen molar-refractivity contribution in [1.29, 1.82) is 0 Å². The Balaban J connectivity index is 1.61. The van der Waals surface area contributed by atoms with Gasteiger partial charge in [-0.1, -0.05) is 12.1 Å². The fourth-order valence-corrected chi connectivity index (χ4v) is 2.64. The van der Waals surface area contributed by atoms with Crippen molar-refractivity contribution in [2.45, 2.75) is 0 Å². The molecule has 3 rings (SSSR count). The quantitative estimate of drug-likeness (QED) is 0.873. The van der Waals surface area contributed by atoms with Crippen LogP contribution < -0.4 is 15.5 Å². The van der Waals surface area contributed by atoms with Gasteiger partial charge >= 0.3 is 0 Å². The number of nitrogens with zero attached hydrogens (tertiary/aromatic N) is 1. The van der Waals surface area contributed by atoms with E-state index in [1.807, 2.05) is 24.3 Å². The minimum Gasteiger partial charge on any atom is -0.378 e. The number of ether oxygens (including phenoxy) is 1. The van der Waals surface area contributed by atoms with Gasteiger partial charge in [0.05, 0.1) is 31.1 Å². The van der Waals surface area contributed by atoms with E-state index in [0.29, 0.717) is 24.6 Å². The molecule has 1 fully saturated rings. The maximum atomic E-state index is 13.2. The third-order valence-corrected chi connectivity index (χ3v) is 3.90. The summed E-state index contributed by atoms with van der Waals surface area (Å²) in [5.41, 5.74) is 1.99. The second-order valence-corrected chi connectivity index (χ2v) is 5.65. The maximum Gasteiger partial charge on any atom is 0.243 e. The molecule has 0 aromatic heterocycles. The van der Waals surface area contributed by atoms with Gasteiger partial charge in [-0.05, 0) is 24.3 Å². The molecule has 1 heterocycles. The number of carbonyl (C=O) groups is 1. The Bertz CT molecular complexity index is 749. The molecule has 0 aliphatic carbocycles. The van der Waals surface area contributed by atoms with Gasteiger partial charge in [0.2, 0.25) is 5.91 Å². The first-order chi connectivity index (χ1) is 12.1. The lowest BCUT2D eigenvalue weighted by atomic mass is 10.2. The van der Waals surface area contributed by atoms with Crippen LogP contribution in [0.15, 0.2) is 42.5 Å². The molecule has 1 aliphatic heterocycles. The van der Waals surface area contributed by atoms with Crippen LogP contribution in [-0.2, 0) is 9.53 Å². The zero-order chi connectivity index (χ0) is 17.6. The van der Waals surface area contributed by atoms with Gasteiger partial charge in [0, 0.05) is 24.8 Å². The number of nitrogens with one attached hydrogen (secondary N) is 2. The van der Waals surface area contributed by atoms with E-state index in [4.69, 9.17) is 4.74 Å². The summed E-state index contributed by atoms with van der Waals surface area (Å²) in [6, 6.07) is 11.0. The number of rotatable bonds is 5. The SMILES string of the molecule is O=C(CNc1ccc(F)c(F)c1)Nc1ccccc1N1CCOCC1. The molecular weight excluding hydrogens is 328 g/mol. The molecule has 0 spiro atoms. The average Bonchev–Trinajstić information content (AvgIpc) is 2.64. The van der Waals surface area contributed by atoms with E-state index in [2.05, 4.69) is 15.5 Å². The molecule has 7 heteroatoms. The van der Waals surface area contributed by atoms with Gasteiger partial charge in [0.1, 0.15) is 0 Å². The van der Waals surface area contributed by atoms with E-state index in [9.17, 15) is 13.6 Å². The molecular formula is C18H19F2N3O2. The highest BCUT2D eigenvalue weighted by molar-refractivity contribution is 5.96. The van der Waals surface area contributed by atoms with Gasteiger partial charge in [-0.15, -0.1) is 0 Å². The Labute approximate surface area is 144 Å². The molecule has 0 radical (unpaired) electrons. The first-order valence-corrected chi connectivity index (χ1v) is 8.04. The molecule has 2 N–H and O–H groups in total. The number of benzene rings is 2. The Kier molecular flexibility index (Phi) is 5.45. The van der Waals surface area contributed by atoms with Crippen molar-refractivity contribution in [2.75, 3.05) is 48.4 Å². The minimum absolute atomic E-state index is 0.0531. The van der Waals surface area contributed by atoms with Gasteiger partial charge in [-0.25, -0.2) is 8.78 Å². The largest absolute Gasteiger partial charge is 0.378 e. The number of amides is 1. The number of halogens is 2. The molecule has 1 amide bonds. The fraction of sp³-hybridized carbons (Fsp3) is 0.278. The van der Waals surface area contributed by atoms with E-state index in [0.717, 1.165) is 30.9 Å². The van der Waals surface area contributed by atoms with E-state index in [1.54, 1.807) is 0 Å². The van der Waals surface area contributed by atoms with Crippen molar-refractivity contribution in [3.05, 3.63) is 54.1 Å². The highest BCUT2D eigenvalue weighted by atomic mass is 19.2. The first kappa shape index (κ1) is 17.2. The Morgan fingerprint density at radius 2 is 1.84 bits per heavy atom. The summed E-state index contributed by atoms with van der Waals surface area (Å²) >= 11 is 0. The zero-order valence-electron chi connectivity index (χ0n) is 13.6. The summed E-state index contributed by atoms with van der Waals surface area (Å²) < 4.78 is 31.4. The monoisotopic (exact) mass is 347 g/mol. The van der Waals surface area contributed by atoms with Gasteiger partial charge in [0.15, 0.2) is 11.6 Å². The normalized spacial score (nSPS) is 14.2. The van der Waals surface area contributed by atoms with Gasteiger partial charge in [-0.2, -0.15) is 0 Å². The number of carbonyl (C=O) groups excluding carboxylic acids is 1. The van der Waals surface area contributed by atoms with Crippen LogP contribution in [0, 0.1) is 11.6 Å². The highest BCUT2D eigenvalue weighted by Gasteiger charge is 2.15. The second-order valence-electron chi connectivity index (χ2n) is 5.65. The molecule has 1 aliphatic rings. The lowest BCUT2D eigenvalue weighted by molar-refractivity contribution is -0.114. The lowest BCUT2D eigenvalue weighted by Gasteiger charge is -2.30. The fourth-order valence-electron chi connectivity index (χ4n) is 2.64.